The predicted octanol–water partition coefficient (Wildman–Crippen LogP) is 3.84. The summed E-state index contributed by atoms with van der Waals surface area (Å²) in [7, 11) is 0. The highest BCUT2D eigenvalue weighted by atomic mass is 16.6. The van der Waals surface area contributed by atoms with E-state index in [1.807, 2.05) is 0 Å². The van der Waals surface area contributed by atoms with Gasteiger partial charge in [0.25, 0.3) is 16.9 Å². The molecular weight excluding hydrogens is 416 g/mol. The summed E-state index contributed by atoms with van der Waals surface area (Å²) in [5.74, 6) is 0.0944. The van der Waals surface area contributed by atoms with Gasteiger partial charge in [0.1, 0.15) is 6.61 Å². The van der Waals surface area contributed by atoms with Crippen molar-refractivity contribution in [2.45, 2.75) is 13.2 Å². The first-order chi connectivity index (χ1) is 15.5. The average molecular weight is 432 g/mol. The van der Waals surface area contributed by atoms with E-state index in [1.165, 1.54) is 12.1 Å². The Morgan fingerprint density at radius 3 is 1.97 bits per heavy atom. The van der Waals surface area contributed by atoms with E-state index in [1.54, 1.807) is 60.7 Å². The number of rotatable bonds is 7. The molecule has 0 bridgehead atoms. The lowest BCUT2D eigenvalue weighted by Gasteiger charge is -2.12. The number of hydrogen-bond acceptors (Lipinski definition) is 7. The minimum atomic E-state index is -0.520. The molecule has 0 N–H and O–H groups in total. The van der Waals surface area contributed by atoms with Crippen LogP contribution >= 0.6 is 0 Å². The molecule has 0 fully saturated rings. The Balaban J connectivity index is 1.76. The zero-order valence-corrected chi connectivity index (χ0v) is 16.6. The molecular formula is C22H16N4O6. The highest BCUT2D eigenvalue weighted by Crippen LogP contribution is 2.25. The van der Waals surface area contributed by atoms with Gasteiger partial charge >= 0.3 is 0 Å². The van der Waals surface area contributed by atoms with E-state index < -0.39 is 15.4 Å². The molecule has 0 spiro atoms. The normalized spacial score (nSPS) is 10.8. The van der Waals surface area contributed by atoms with Gasteiger partial charge in [-0.15, -0.1) is 5.10 Å². The quantitative estimate of drug-likeness (QED) is 0.320. The fourth-order valence-corrected chi connectivity index (χ4v) is 3.36. The summed E-state index contributed by atoms with van der Waals surface area (Å²) in [5.41, 5.74) is 0.00502. The molecule has 1 heterocycles. The summed E-state index contributed by atoms with van der Waals surface area (Å²) in [5, 5.41) is 27.6. The van der Waals surface area contributed by atoms with Crippen molar-refractivity contribution >= 4 is 22.1 Å². The highest BCUT2D eigenvalue weighted by Gasteiger charge is 2.18. The fraction of sp³-hybridized carbons (Fsp3) is 0.0909. The molecule has 0 radical (unpaired) electrons. The zero-order chi connectivity index (χ0) is 22.7. The van der Waals surface area contributed by atoms with Crippen LogP contribution in [0.25, 0.3) is 10.8 Å². The number of benzene rings is 3. The lowest BCUT2D eigenvalue weighted by Crippen LogP contribution is -2.24. The molecule has 3 aromatic carbocycles. The maximum absolute atomic E-state index is 13.0. The Morgan fingerprint density at radius 2 is 1.31 bits per heavy atom. The Hall–Kier alpha value is -4.60. The first kappa shape index (κ1) is 20.7. The second kappa shape index (κ2) is 8.64. The van der Waals surface area contributed by atoms with Crippen molar-refractivity contribution in [2.24, 2.45) is 0 Å². The zero-order valence-electron chi connectivity index (χ0n) is 16.6. The summed E-state index contributed by atoms with van der Waals surface area (Å²) >= 11 is 0. The van der Waals surface area contributed by atoms with Crippen molar-refractivity contribution in [1.29, 1.82) is 0 Å². The van der Waals surface area contributed by atoms with Crippen molar-refractivity contribution in [3.63, 3.8) is 0 Å². The van der Waals surface area contributed by atoms with Crippen LogP contribution in [0.3, 0.4) is 0 Å². The maximum Gasteiger partial charge on any atom is 0.276 e. The Bertz CT molecular complexity index is 1400. The minimum Gasteiger partial charge on any atom is -0.471 e. The molecule has 10 heteroatoms. The van der Waals surface area contributed by atoms with Gasteiger partial charge < -0.3 is 4.74 Å². The SMILES string of the molecule is O=c1c2ccccc2c(OCc2ccccc2[N+](=O)[O-])nn1Cc1ccccc1[N+](=O)[O-]. The monoisotopic (exact) mass is 432 g/mol. The summed E-state index contributed by atoms with van der Waals surface area (Å²) in [4.78, 5) is 34.6. The van der Waals surface area contributed by atoms with E-state index >= 15 is 0 Å². The topological polar surface area (TPSA) is 130 Å². The number of fused-ring (bicyclic) bond motifs is 1. The Morgan fingerprint density at radius 1 is 0.781 bits per heavy atom. The number of hydrogen-bond donors (Lipinski definition) is 0. The van der Waals surface area contributed by atoms with Crippen LogP contribution in [0.15, 0.2) is 77.6 Å². The van der Waals surface area contributed by atoms with E-state index in [9.17, 15) is 25.0 Å². The molecule has 4 aromatic rings. The van der Waals surface area contributed by atoms with Crippen LogP contribution in [0.1, 0.15) is 11.1 Å². The minimum absolute atomic E-state index is 0.0926. The molecule has 32 heavy (non-hydrogen) atoms. The molecule has 4 rings (SSSR count). The summed E-state index contributed by atoms with van der Waals surface area (Å²) in [6, 6.07) is 18.9. The predicted molar refractivity (Wildman–Crippen MR) is 116 cm³/mol. The molecule has 0 aliphatic carbocycles. The lowest BCUT2D eigenvalue weighted by molar-refractivity contribution is -0.385. The van der Waals surface area contributed by atoms with Gasteiger partial charge in [0.15, 0.2) is 0 Å². The van der Waals surface area contributed by atoms with E-state index in [-0.39, 0.29) is 30.4 Å². The van der Waals surface area contributed by atoms with Gasteiger partial charge in [0.05, 0.1) is 38.3 Å². The van der Waals surface area contributed by atoms with Gasteiger partial charge in [-0.1, -0.05) is 42.5 Å². The van der Waals surface area contributed by atoms with E-state index in [0.717, 1.165) is 4.68 Å². The molecule has 0 unspecified atom stereocenters. The van der Waals surface area contributed by atoms with E-state index in [2.05, 4.69) is 5.10 Å². The molecule has 0 amide bonds. The number of para-hydroxylation sites is 2. The Kier molecular flexibility index (Phi) is 5.58. The van der Waals surface area contributed by atoms with Gasteiger partial charge in [-0.3, -0.25) is 25.0 Å². The second-order valence-corrected chi connectivity index (χ2v) is 6.87. The molecule has 0 saturated heterocycles. The molecule has 10 nitrogen and oxygen atoms in total. The van der Waals surface area contributed by atoms with Crippen LogP contribution in [0.2, 0.25) is 0 Å². The van der Waals surface area contributed by atoms with E-state index in [4.69, 9.17) is 4.74 Å². The molecule has 0 aliphatic heterocycles. The number of nitro benzene ring substituents is 2. The molecule has 0 aliphatic rings. The van der Waals surface area contributed by atoms with Gasteiger partial charge in [-0.25, -0.2) is 4.68 Å². The lowest BCUT2D eigenvalue weighted by atomic mass is 10.1. The van der Waals surface area contributed by atoms with Gasteiger partial charge in [0.2, 0.25) is 5.88 Å². The average Bonchev–Trinajstić information content (AvgIpc) is 2.80. The van der Waals surface area contributed by atoms with Crippen molar-refractivity contribution < 1.29 is 14.6 Å². The summed E-state index contributed by atoms with van der Waals surface area (Å²) in [6.45, 7) is -0.277. The number of ether oxygens (including phenoxy) is 1. The fourth-order valence-electron chi connectivity index (χ4n) is 3.36. The number of nitro groups is 2. The van der Waals surface area contributed by atoms with Crippen molar-refractivity contribution in [2.75, 3.05) is 0 Å². The smallest absolute Gasteiger partial charge is 0.276 e. The highest BCUT2D eigenvalue weighted by molar-refractivity contribution is 5.85. The van der Waals surface area contributed by atoms with Crippen LogP contribution in [-0.2, 0) is 13.2 Å². The maximum atomic E-state index is 13.0. The Labute approximate surface area is 180 Å². The molecule has 160 valence electrons. The third kappa shape index (κ3) is 4.01. The van der Waals surface area contributed by atoms with Crippen LogP contribution in [-0.4, -0.2) is 19.6 Å². The molecule has 0 saturated carbocycles. The number of nitrogens with zero attached hydrogens (tertiary/aromatic N) is 4. The van der Waals surface area contributed by atoms with Crippen molar-refractivity contribution in [3.8, 4) is 5.88 Å². The standard InChI is InChI=1S/C22H16N4O6/c27-22-18-10-4-3-9-17(18)21(32-14-16-8-2-6-12-20(16)26(30)31)23-24(22)13-15-7-1-5-11-19(15)25(28)29/h1-12H,13-14H2. The largest absolute Gasteiger partial charge is 0.471 e. The van der Waals surface area contributed by atoms with Gasteiger partial charge in [0, 0.05) is 12.1 Å². The first-order valence-corrected chi connectivity index (χ1v) is 9.53. The van der Waals surface area contributed by atoms with Crippen molar-refractivity contribution in [1.82, 2.24) is 9.78 Å². The molecule has 1 aromatic heterocycles. The third-order valence-corrected chi connectivity index (χ3v) is 4.89. The van der Waals surface area contributed by atoms with Crippen LogP contribution in [0.5, 0.6) is 5.88 Å². The van der Waals surface area contributed by atoms with Gasteiger partial charge in [-0.2, -0.15) is 0 Å². The third-order valence-electron chi connectivity index (χ3n) is 4.89. The second-order valence-electron chi connectivity index (χ2n) is 6.87. The summed E-state index contributed by atoms with van der Waals surface area (Å²) in [6.07, 6.45) is 0. The molecule has 0 atom stereocenters. The van der Waals surface area contributed by atoms with Crippen LogP contribution < -0.4 is 10.3 Å². The van der Waals surface area contributed by atoms with E-state index in [0.29, 0.717) is 21.9 Å². The van der Waals surface area contributed by atoms with Crippen molar-refractivity contribution in [3.05, 3.63) is 115 Å². The summed E-state index contributed by atoms with van der Waals surface area (Å²) < 4.78 is 6.89. The van der Waals surface area contributed by atoms with Gasteiger partial charge in [-0.05, 0) is 18.2 Å². The number of aromatic nitrogens is 2. The van der Waals surface area contributed by atoms with Crippen LogP contribution in [0, 0.1) is 20.2 Å². The first-order valence-electron chi connectivity index (χ1n) is 9.53. The van der Waals surface area contributed by atoms with Crippen LogP contribution in [0.4, 0.5) is 11.4 Å².